The van der Waals surface area contributed by atoms with Crippen LogP contribution < -0.4 is 5.32 Å². The van der Waals surface area contributed by atoms with Crippen LogP contribution in [0.2, 0.25) is 0 Å². The van der Waals surface area contributed by atoms with Gasteiger partial charge in [0.1, 0.15) is 0 Å². The third-order valence-electron chi connectivity index (χ3n) is 4.33. The number of rotatable bonds is 4. The number of nitrogens with one attached hydrogen (secondary N) is 1. The van der Waals surface area contributed by atoms with Crippen molar-refractivity contribution in [3.8, 4) is 0 Å². The van der Waals surface area contributed by atoms with Crippen LogP contribution in [0, 0.1) is 5.82 Å². The van der Waals surface area contributed by atoms with E-state index < -0.39 is 17.6 Å². The molecule has 6 nitrogen and oxygen atoms in total. The quantitative estimate of drug-likeness (QED) is 0.579. The second-order valence-corrected chi connectivity index (χ2v) is 6.55. The van der Waals surface area contributed by atoms with Gasteiger partial charge in [-0.3, -0.25) is 4.79 Å². The lowest BCUT2D eigenvalue weighted by Gasteiger charge is -2.32. The number of amides is 1. The molecule has 0 aliphatic carbocycles. The van der Waals surface area contributed by atoms with E-state index in [-0.39, 0.29) is 18.6 Å². The molecule has 1 fully saturated rings. The Bertz CT molecular complexity index is 826. The lowest BCUT2D eigenvalue weighted by atomic mass is 10.1. The lowest BCUT2D eigenvalue weighted by molar-refractivity contribution is -0.137. The van der Waals surface area contributed by atoms with Gasteiger partial charge in [0.15, 0.2) is 5.82 Å². The Hall–Kier alpha value is -3.01. The van der Waals surface area contributed by atoms with Gasteiger partial charge in [0, 0.05) is 19.1 Å². The zero-order valence-corrected chi connectivity index (χ0v) is 16.1. The van der Waals surface area contributed by atoms with Crippen molar-refractivity contribution < 1.29 is 27.5 Å². The fourth-order valence-electron chi connectivity index (χ4n) is 2.79. The summed E-state index contributed by atoms with van der Waals surface area (Å²) < 4.78 is 48.5. The van der Waals surface area contributed by atoms with E-state index in [0.29, 0.717) is 18.1 Å². The number of likely N-dealkylation sites (tertiary alicyclic amines) is 1. The summed E-state index contributed by atoms with van der Waals surface area (Å²) in [6.45, 7) is 4.57. The van der Waals surface area contributed by atoms with Gasteiger partial charge in [-0.05, 0) is 36.6 Å². The third kappa shape index (κ3) is 7.11. The van der Waals surface area contributed by atoms with Gasteiger partial charge in [-0.15, -0.1) is 0 Å². The number of aromatic nitrogens is 2. The topological polar surface area (TPSA) is 78.4 Å². The van der Waals surface area contributed by atoms with Crippen molar-refractivity contribution in [1.29, 1.82) is 0 Å². The van der Waals surface area contributed by atoms with Crippen molar-refractivity contribution in [2.75, 3.05) is 18.4 Å². The van der Waals surface area contributed by atoms with Crippen LogP contribution in [0.25, 0.3) is 0 Å². The number of aliphatic hydroxyl groups is 1. The highest BCUT2D eigenvalue weighted by Gasteiger charge is 2.29. The highest BCUT2D eigenvalue weighted by atomic mass is 19.4. The smallest absolute Gasteiger partial charge is 0.392 e. The molecular weight excluding hydrogens is 404 g/mol. The molecule has 0 saturated carbocycles. The monoisotopic (exact) mass is 426 g/mol. The molecule has 1 aliphatic rings. The van der Waals surface area contributed by atoms with Crippen molar-refractivity contribution >= 4 is 11.9 Å². The van der Waals surface area contributed by atoms with E-state index >= 15 is 0 Å². The Morgan fingerprint density at radius 1 is 1.27 bits per heavy atom. The van der Waals surface area contributed by atoms with Crippen molar-refractivity contribution in [1.82, 2.24) is 14.9 Å². The summed E-state index contributed by atoms with van der Waals surface area (Å²) in [5, 5.41) is 11.6. The van der Waals surface area contributed by atoms with E-state index in [0.717, 1.165) is 43.9 Å². The molecule has 30 heavy (non-hydrogen) atoms. The molecule has 2 aromatic rings. The van der Waals surface area contributed by atoms with Gasteiger partial charge in [0.25, 0.3) is 0 Å². The summed E-state index contributed by atoms with van der Waals surface area (Å²) in [5.41, 5.74) is -0.220. The second-order valence-electron chi connectivity index (χ2n) is 6.55. The molecule has 0 radical (unpaired) electrons. The minimum Gasteiger partial charge on any atom is -0.392 e. The fourth-order valence-corrected chi connectivity index (χ4v) is 2.79. The summed E-state index contributed by atoms with van der Waals surface area (Å²) in [7, 11) is 0. The first-order valence-corrected chi connectivity index (χ1v) is 9.15. The van der Waals surface area contributed by atoms with Crippen LogP contribution in [0.1, 0.15) is 24.0 Å². The van der Waals surface area contributed by atoms with Crippen LogP contribution >= 0.6 is 0 Å². The highest BCUT2D eigenvalue weighted by molar-refractivity contribution is 5.87. The average molecular weight is 426 g/mol. The van der Waals surface area contributed by atoms with Crippen molar-refractivity contribution in [2.24, 2.45) is 0 Å². The summed E-state index contributed by atoms with van der Waals surface area (Å²) in [4.78, 5) is 20.9. The predicted molar refractivity (Wildman–Crippen MR) is 103 cm³/mol. The van der Waals surface area contributed by atoms with E-state index in [4.69, 9.17) is 5.11 Å². The van der Waals surface area contributed by atoms with Crippen molar-refractivity contribution in [3.05, 3.63) is 66.3 Å². The molecule has 1 atom stereocenters. The molecule has 0 bridgehead atoms. The first kappa shape index (κ1) is 23.3. The normalized spacial score (nSPS) is 16.3. The number of nitrogens with zero attached hydrogens (tertiary/aromatic N) is 3. The SMILES string of the molecule is C=CC(=O)N1CCCC(Nc2ncc(F)cn2)C1.OCc1ccc(C(F)(F)F)cc1. The molecule has 1 aromatic carbocycles. The van der Waals surface area contributed by atoms with Crippen LogP contribution in [0.3, 0.4) is 0 Å². The van der Waals surface area contributed by atoms with Gasteiger partial charge in [0.05, 0.1) is 24.6 Å². The van der Waals surface area contributed by atoms with Gasteiger partial charge >= 0.3 is 6.18 Å². The molecule has 1 saturated heterocycles. The standard InChI is InChI=1S/C12H15FN4O.C8H7F3O/c1-2-11(18)17-5-3-4-10(8-17)16-12-14-6-9(13)7-15-12;9-8(10,11)7-3-1-6(5-12)2-4-7/h2,6-7,10H,1,3-5,8H2,(H,14,15,16);1-4,12H,5H2. The predicted octanol–water partition coefficient (Wildman–Crippen LogP) is 3.40. The zero-order chi connectivity index (χ0) is 22.1. The number of benzene rings is 1. The fraction of sp³-hybridized carbons (Fsp3) is 0.350. The first-order valence-electron chi connectivity index (χ1n) is 9.15. The number of carbonyl (C=O) groups is 1. The van der Waals surface area contributed by atoms with Crippen LogP contribution in [0.4, 0.5) is 23.5 Å². The molecule has 1 aromatic heterocycles. The number of carbonyl (C=O) groups excluding carboxylic acids is 1. The molecule has 2 heterocycles. The number of hydrogen-bond donors (Lipinski definition) is 2. The highest BCUT2D eigenvalue weighted by Crippen LogP contribution is 2.29. The molecule has 162 valence electrons. The molecule has 1 amide bonds. The Morgan fingerprint density at radius 2 is 1.90 bits per heavy atom. The molecule has 1 unspecified atom stereocenters. The van der Waals surface area contributed by atoms with Gasteiger partial charge in [-0.25, -0.2) is 14.4 Å². The van der Waals surface area contributed by atoms with Gasteiger partial charge in [0.2, 0.25) is 11.9 Å². The molecule has 1 aliphatic heterocycles. The van der Waals surface area contributed by atoms with Crippen LogP contribution in [0.5, 0.6) is 0 Å². The van der Waals surface area contributed by atoms with Crippen LogP contribution in [-0.4, -0.2) is 45.0 Å². The Morgan fingerprint density at radius 3 is 2.43 bits per heavy atom. The molecule has 2 N–H and O–H groups in total. The molecular formula is C20H22F4N4O2. The van der Waals surface area contributed by atoms with Crippen molar-refractivity contribution in [3.63, 3.8) is 0 Å². The molecule has 3 rings (SSSR count). The minimum atomic E-state index is -4.30. The van der Waals surface area contributed by atoms with Crippen molar-refractivity contribution in [2.45, 2.75) is 31.7 Å². The van der Waals surface area contributed by atoms with E-state index in [2.05, 4.69) is 21.9 Å². The van der Waals surface area contributed by atoms with Gasteiger partial charge in [-0.2, -0.15) is 13.2 Å². The molecule has 0 spiro atoms. The largest absolute Gasteiger partial charge is 0.416 e. The number of aliphatic hydroxyl groups excluding tert-OH is 1. The van der Waals surface area contributed by atoms with Crippen LogP contribution in [0.15, 0.2) is 49.3 Å². The maximum absolute atomic E-state index is 12.7. The van der Waals surface area contributed by atoms with E-state index in [1.165, 1.54) is 18.2 Å². The van der Waals surface area contributed by atoms with E-state index in [1.807, 2.05) is 0 Å². The third-order valence-corrected chi connectivity index (χ3v) is 4.33. The number of piperidine rings is 1. The summed E-state index contributed by atoms with van der Waals surface area (Å²) in [6, 6.07) is 4.50. The number of anilines is 1. The van der Waals surface area contributed by atoms with Gasteiger partial charge in [-0.1, -0.05) is 18.7 Å². The van der Waals surface area contributed by atoms with Gasteiger partial charge < -0.3 is 15.3 Å². The number of alkyl halides is 3. The maximum atomic E-state index is 12.7. The Balaban J connectivity index is 0.000000232. The van der Waals surface area contributed by atoms with E-state index in [1.54, 1.807) is 4.90 Å². The second kappa shape index (κ2) is 10.7. The average Bonchev–Trinajstić information content (AvgIpc) is 2.75. The zero-order valence-electron chi connectivity index (χ0n) is 16.1. The minimum absolute atomic E-state index is 0.0680. The molecule has 10 heteroatoms. The maximum Gasteiger partial charge on any atom is 0.416 e. The summed E-state index contributed by atoms with van der Waals surface area (Å²) in [5.74, 6) is -0.150. The summed E-state index contributed by atoms with van der Waals surface area (Å²) in [6.07, 6.45) is 1.10. The van der Waals surface area contributed by atoms with E-state index in [9.17, 15) is 22.4 Å². The Kier molecular flexibility index (Phi) is 8.28. The Labute approximate surface area is 171 Å². The number of halogens is 4. The number of hydrogen-bond acceptors (Lipinski definition) is 5. The summed E-state index contributed by atoms with van der Waals surface area (Å²) >= 11 is 0. The lowest BCUT2D eigenvalue weighted by Crippen LogP contribution is -2.44. The van der Waals surface area contributed by atoms with Crippen LogP contribution in [-0.2, 0) is 17.6 Å². The first-order chi connectivity index (χ1) is 14.2.